The molecular formula is C18H22O. The molecule has 0 bridgehead atoms. The molecule has 1 nitrogen and oxygen atoms in total. The van der Waals surface area contributed by atoms with E-state index in [1.807, 2.05) is 0 Å². The van der Waals surface area contributed by atoms with Gasteiger partial charge in [-0.1, -0.05) is 55.8 Å². The van der Waals surface area contributed by atoms with Gasteiger partial charge in [-0.3, -0.25) is 0 Å². The molecule has 0 aliphatic heterocycles. The molecule has 0 fully saturated rings. The Morgan fingerprint density at radius 3 is 2.42 bits per heavy atom. The van der Waals surface area contributed by atoms with Crippen LogP contribution >= 0.6 is 0 Å². The Labute approximate surface area is 116 Å². The Bertz CT molecular complexity index is 513. The lowest BCUT2D eigenvalue weighted by Gasteiger charge is -2.11. The minimum Gasteiger partial charge on any atom is -0.489 e. The summed E-state index contributed by atoms with van der Waals surface area (Å²) in [5.41, 5.74) is 3.87. The second-order valence-electron chi connectivity index (χ2n) is 5.16. The quantitative estimate of drug-likeness (QED) is 0.722. The maximum Gasteiger partial charge on any atom is 0.119 e. The summed E-state index contributed by atoms with van der Waals surface area (Å²) in [6, 6.07) is 16.9. The molecule has 0 amide bonds. The van der Waals surface area contributed by atoms with E-state index < -0.39 is 0 Å². The average Bonchev–Trinajstić information content (AvgIpc) is 2.45. The monoisotopic (exact) mass is 254 g/mol. The highest BCUT2D eigenvalue weighted by Gasteiger charge is 2.03. The molecule has 0 aliphatic rings. The normalized spacial score (nSPS) is 12.2. The molecule has 1 atom stereocenters. The van der Waals surface area contributed by atoms with Gasteiger partial charge in [0.2, 0.25) is 0 Å². The van der Waals surface area contributed by atoms with Crippen LogP contribution in [0.1, 0.15) is 42.9 Å². The van der Waals surface area contributed by atoms with Crippen LogP contribution in [0.5, 0.6) is 5.75 Å². The second kappa shape index (κ2) is 6.42. The van der Waals surface area contributed by atoms with Crippen LogP contribution in [0.15, 0.2) is 48.5 Å². The third-order valence-electron chi connectivity index (χ3n) is 3.55. The number of benzene rings is 2. The van der Waals surface area contributed by atoms with Gasteiger partial charge in [0, 0.05) is 0 Å². The molecule has 0 saturated heterocycles. The zero-order chi connectivity index (χ0) is 13.7. The topological polar surface area (TPSA) is 9.23 Å². The molecule has 2 aromatic carbocycles. The van der Waals surface area contributed by atoms with Gasteiger partial charge in [-0.15, -0.1) is 0 Å². The summed E-state index contributed by atoms with van der Waals surface area (Å²) >= 11 is 0. The third kappa shape index (κ3) is 3.85. The van der Waals surface area contributed by atoms with E-state index in [-0.39, 0.29) is 0 Å². The minimum atomic E-state index is 0.617. The zero-order valence-corrected chi connectivity index (χ0v) is 12.0. The van der Waals surface area contributed by atoms with Gasteiger partial charge in [-0.2, -0.15) is 0 Å². The summed E-state index contributed by atoms with van der Waals surface area (Å²) in [7, 11) is 0. The van der Waals surface area contributed by atoms with E-state index in [0.717, 1.165) is 5.75 Å². The van der Waals surface area contributed by atoms with Gasteiger partial charge >= 0.3 is 0 Å². The number of hydrogen-bond acceptors (Lipinski definition) is 1. The highest BCUT2D eigenvalue weighted by molar-refractivity contribution is 5.30. The Kier molecular flexibility index (Phi) is 4.62. The standard InChI is InChI=1S/C18H22O/c1-4-15(3)17-8-10-18(11-9-17)19-13-16-7-5-6-14(2)12-16/h5-12,15H,4,13H2,1-3H3. The van der Waals surface area contributed by atoms with Crippen molar-refractivity contribution in [1.29, 1.82) is 0 Å². The number of rotatable bonds is 5. The summed E-state index contributed by atoms with van der Waals surface area (Å²) in [6.45, 7) is 7.20. The van der Waals surface area contributed by atoms with Crippen LogP contribution in [-0.2, 0) is 6.61 Å². The van der Waals surface area contributed by atoms with E-state index in [1.54, 1.807) is 0 Å². The summed E-state index contributed by atoms with van der Waals surface area (Å²) in [5.74, 6) is 1.55. The van der Waals surface area contributed by atoms with Gasteiger partial charge < -0.3 is 4.74 Å². The van der Waals surface area contributed by atoms with Crippen LogP contribution < -0.4 is 4.74 Å². The highest BCUT2D eigenvalue weighted by atomic mass is 16.5. The molecule has 0 aliphatic carbocycles. The Morgan fingerprint density at radius 2 is 1.79 bits per heavy atom. The van der Waals surface area contributed by atoms with Gasteiger partial charge in [0.25, 0.3) is 0 Å². The van der Waals surface area contributed by atoms with E-state index in [0.29, 0.717) is 12.5 Å². The van der Waals surface area contributed by atoms with Crippen molar-refractivity contribution in [1.82, 2.24) is 0 Å². The zero-order valence-electron chi connectivity index (χ0n) is 12.0. The molecule has 0 aromatic heterocycles. The van der Waals surface area contributed by atoms with E-state index in [2.05, 4.69) is 69.3 Å². The van der Waals surface area contributed by atoms with Crippen molar-refractivity contribution in [2.75, 3.05) is 0 Å². The van der Waals surface area contributed by atoms with Crippen molar-refractivity contribution in [3.63, 3.8) is 0 Å². The summed E-state index contributed by atoms with van der Waals surface area (Å²) in [6.07, 6.45) is 1.17. The number of hydrogen-bond donors (Lipinski definition) is 0. The molecular weight excluding hydrogens is 232 g/mol. The first-order chi connectivity index (χ1) is 9.19. The Balaban J connectivity index is 1.96. The van der Waals surface area contributed by atoms with Gasteiger partial charge in [-0.25, -0.2) is 0 Å². The van der Waals surface area contributed by atoms with Gasteiger partial charge in [0.15, 0.2) is 0 Å². The molecule has 100 valence electrons. The molecule has 0 spiro atoms. The van der Waals surface area contributed by atoms with Crippen molar-refractivity contribution >= 4 is 0 Å². The fraction of sp³-hybridized carbons (Fsp3) is 0.333. The molecule has 0 saturated carbocycles. The van der Waals surface area contributed by atoms with E-state index in [1.165, 1.54) is 23.1 Å². The molecule has 0 radical (unpaired) electrons. The molecule has 0 N–H and O–H groups in total. The molecule has 1 heteroatoms. The first kappa shape index (κ1) is 13.7. The van der Waals surface area contributed by atoms with Crippen molar-refractivity contribution in [2.24, 2.45) is 0 Å². The van der Waals surface area contributed by atoms with Crippen LogP contribution in [0.25, 0.3) is 0 Å². The molecule has 1 unspecified atom stereocenters. The maximum atomic E-state index is 5.82. The third-order valence-corrected chi connectivity index (χ3v) is 3.55. The van der Waals surface area contributed by atoms with E-state index >= 15 is 0 Å². The average molecular weight is 254 g/mol. The molecule has 19 heavy (non-hydrogen) atoms. The fourth-order valence-electron chi connectivity index (χ4n) is 2.10. The van der Waals surface area contributed by atoms with Crippen molar-refractivity contribution in [3.8, 4) is 5.75 Å². The fourth-order valence-corrected chi connectivity index (χ4v) is 2.10. The molecule has 2 rings (SSSR count). The smallest absolute Gasteiger partial charge is 0.119 e. The Morgan fingerprint density at radius 1 is 1.05 bits per heavy atom. The Hall–Kier alpha value is -1.76. The van der Waals surface area contributed by atoms with Crippen LogP contribution in [0.3, 0.4) is 0 Å². The lowest BCUT2D eigenvalue weighted by Crippen LogP contribution is -1.96. The van der Waals surface area contributed by atoms with E-state index in [4.69, 9.17) is 4.74 Å². The van der Waals surface area contributed by atoms with E-state index in [9.17, 15) is 0 Å². The maximum absolute atomic E-state index is 5.82. The number of ether oxygens (including phenoxy) is 1. The predicted octanol–water partition coefficient (Wildman–Crippen LogP) is 5.09. The van der Waals surface area contributed by atoms with Gasteiger partial charge in [-0.05, 0) is 42.5 Å². The number of aryl methyl sites for hydroxylation is 1. The highest BCUT2D eigenvalue weighted by Crippen LogP contribution is 2.22. The van der Waals surface area contributed by atoms with Crippen LogP contribution in [-0.4, -0.2) is 0 Å². The van der Waals surface area contributed by atoms with Crippen LogP contribution in [0.4, 0.5) is 0 Å². The summed E-state index contributed by atoms with van der Waals surface area (Å²) in [4.78, 5) is 0. The van der Waals surface area contributed by atoms with Crippen molar-refractivity contribution in [2.45, 2.75) is 39.7 Å². The summed E-state index contributed by atoms with van der Waals surface area (Å²) in [5, 5.41) is 0. The van der Waals surface area contributed by atoms with Gasteiger partial charge in [0.1, 0.15) is 12.4 Å². The lowest BCUT2D eigenvalue weighted by atomic mass is 9.99. The SMILES string of the molecule is CCC(C)c1ccc(OCc2cccc(C)c2)cc1. The predicted molar refractivity (Wildman–Crippen MR) is 80.7 cm³/mol. The van der Waals surface area contributed by atoms with Crippen molar-refractivity contribution in [3.05, 3.63) is 65.2 Å². The minimum absolute atomic E-state index is 0.617. The first-order valence-electron chi connectivity index (χ1n) is 6.97. The van der Waals surface area contributed by atoms with Crippen molar-refractivity contribution < 1.29 is 4.74 Å². The van der Waals surface area contributed by atoms with Crippen LogP contribution in [0.2, 0.25) is 0 Å². The van der Waals surface area contributed by atoms with Gasteiger partial charge in [0.05, 0.1) is 0 Å². The summed E-state index contributed by atoms with van der Waals surface area (Å²) < 4.78 is 5.82. The largest absolute Gasteiger partial charge is 0.489 e. The first-order valence-corrected chi connectivity index (χ1v) is 6.97. The molecule has 0 heterocycles. The molecule has 2 aromatic rings. The lowest BCUT2D eigenvalue weighted by molar-refractivity contribution is 0.306. The second-order valence-corrected chi connectivity index (χ2v) is 5.16. The van der Waals surface area contributed by atoms with Crippen LogP contribution in [0, 0.1) is 6.92 Å².